The molecule has 38 heavy (non-hydrogen) atoms. The second-order valence-corrected chi connectivity index (χ2v) is 12.2. The Morgan fingerprint density at radius 1 is 1.05 bits per heavy atom. The fourth-order valence-electron chi connectivity index (χ4n) is 8.27. The van der Waals surface area contributed by atoms with Gasteiger partial charge in [0.2, 0.25) is 5.91 Å². The Labute approximate surface area is 223 Å². The Balaban J connectivity index is 1.05. The second kappa shape index (κ2) is 9.07. The third-order valence-corrected chi connectivity index (χ3v) is 9.46. The highest BCUT2D eigenvalue weighted by molar-refractivity contribution is 5.96. The summed E-state index contributed by atoms with van der Waals surface area (Å²) >= 11 is 0. The normalized spacial score (nSPS) is 27.3. The molecule has 2 aromatic heterocycles. The number of anilines is 1. The number of furan rings is 1. The zero-order chi connectivity index (χ0) is 25.9. The van der Waals surface area contributed by atoms with Crippen LogP contribution in [0.15, 0.2) is 47.1 Å². The largest absolute Gasteiger partial charge is 0.461 e. The summed E-state index contributed by atoms with van der Waals surface area (Å²) in [6, 6.07) is 11.6. The lowest BCUT2D eigenvalue weighted by Gasteiger charge is -2.56. The third kappa shape index (κ3) is 4.22. The van der Waals surface area contributed by atoms with Crippen LogP contribution in [0.5, 0.6) is 0 Å². The van der Waals surface area contributed by atoms with Crippen LogP contribution in [0.2, 0.25) is 0 Å². The van der Waals surface area contributed by atoms with Crippen molar-refractivity contribution in [2.24, 2.45) is 23.2 Å². The van der Waals surface area contributed by atoms with Gasteiger partial charge in [0.15, 0.2) is 0 Å². The molecular formula is C31H34N4O3. The van der Waals surface area contributed by atoms with E-state index in [-0.39, 0.29) is 17.2 Å². The highest BCUT2D eigenvalue weighted by Crippen LogP contribution is 2.61. The maximum Gasteiger partial charge on any atom is 0.257 e. The van der Waals surface area contributed by atoms with Crippen LogP contribution >= 0.6 is 0 Å². The van der Waals surface area contributed by atoms with Gasteiger partial charge in [-0.3, -0.25) is 9.59 Å². The summed E-state index contributed by atoms with van der Waals surface area (Å²) in [4.78, 5) is 37.4. The van der Waals surface area contributed by atoms with Crippen molar-refractivity contribution >= 4 is 17.6 Å². The predicted octanol–water partition coefficient (Wildman–Crippen LogP) is 5.79. The van der Waals surface area contributed by atoms with Crippen LogP contribution in [0.25, 0.3) is 11.3 Å². The topological polar surface area (TPSA) is 88.3 Å². The van der Waals surface area contributed by atoms with Crippen molar-refractivity contribution in [2.45, 2.75) is 64.8 Å². The van der Waals surface area contributed by atoms with Gasteiger partial charge in [-0.25, -0.2) is 9.97 Å². The fraction of sp³-hybridized carbons (Fsp3) is 0.484. The molecule has 1 N–H and O–H groups in total. The number of nitrogens with one attached hydrogen (secondary N) is 1. The molecule has 196 valence electrons. The van der Waals surface area contributed by atoms with E-state index in [0.717, 1.165) is 34.6 Å². The van der Waals surface area contributed by atoms with Crippen LogP contribution in [-0.4, -0.2) is 33.2 Å². The molecule has 7 heteroatoms. The molecule has 7 nitrogen and oxygen atoms in total. The first-order chi connectivity index (χ1) is 18.4. The summed E-state index contributed by atoms with van der Waals surface area (Å²) in [5.41, 5.74) is 3.46. The number of nitrogens with zero attached hydrogens (tertiary/aromatic N) is 3. The molecule has 0 radical (unpaired) electrons. The summed E-state index contributed by atoms with van der Waals surface area (Å²) in [6.45, 7) is 2.76. The van der Waals surface area contributed by atoms with Gasteiger partial charge in [-0.2, -0.15) is 0 Å². The van der Waals surface area contributed by atoms with Gasteiger partial charge >= 0.3 is 0 Å². The van der Waals surface area contributed by atoms with Gasteiger partial charge in [0.1, 0.15) is 23.7 Å². The van der Waals surface area contributed by atoms with Gasteiger partial charge in [-0.05, 0) is 81.1 Å². The molecule has 4 bridgehead atoms. The number of aromatic nitrogens is 2. The third-order valence-electron chi connectivity index (χ3n) is 9.46. The highest BCUT2D eigenvalue weighted by Gasteiger charge is 2.51. The molecule has 4 saturated carbocycles. The number of hydrogen-bond donors (Lipinski definition) is 1. The maximum atomic E-state index is 13.4. The molecular weight excluding hydrogens is 476 g/mol. The van der Waals surface area contributed by atoms with Crippen molar-refractivity contribution in [2.75, 3.05) is 11.9 Å². The molecule has 3 heterocycles. The quantitative estimate of drug-likeness (QED) is 0.469. The second-order valence-electron chi connectivity index (χ2n) is 12.2. The first kappa shape index (κ1) is 23.6. The van der Waals surface area contributed by atoms with Gasteiger partial charge in [0, 0.05) is 24.1 Å². The Morgan fingerprint density at radius 2 is 1.76 bits per heavy atom. The standard InChI is InChI=1S/C31H34N4O3/c1-19-25(12-27(38-19)23-5-3-2-4-6-23)30(37)35-8-7-24-26(17-35)32-18-33-29(24)34-28(36)16-31-13-20-9-21(14-31)11-22(10-20)15-31/h2-6,12,18,20-22H,7-11,13-17H2,1H3,(H,32,33,34,36). The van der Waals surface area contributed by atoms with Crippen molar-refractivity contribution in [3.8, 4) is 11.3 Å². The Morgan fingerprint density at radius 3 is 2.47 bits per heavy atom. The summed E-state index contributed by atoms with van der Waals surface area (Å²) in [5.74, 6) is 4.41. The number of carbonyl (C=O) groups is 2. The first-order valence-electron chi connectivity index (χ1n) is 14.0. The van der Waals surface area contributed by atoms with Gasteiger partial charge < -0.3 is 14.6 Å². The van der Waals surface area contributed by atoms with Gasteiger partial charge in [0.25, 0.3) is 5.91 Å². The van der Waals surface area contributed by atoms with E-state index in [2.05, 4.69) is 15.3 Å². The van der Waals surface area contributed by atoms with Gasteiger partial charge in [-0.15, -0.1) is 0 Å². The molecule has 0 unspecified atom stereocenters. The molecule has 1 aromatic carbocycles. The molecule has 8 rings (SSSR count). The van der Waals surface area contributed by atoms with Crippen LogP contribution in [0.1, 0.15) is 72.3 Å². The highest BCUT2D eigenvalue weighted by atomic mass is 16.3. The van der Waals surface area contributed by atoms with Crippen LogP contribution in [-0.2, 0) is 17.8 Å². The minimum absolute atomic E-state index is 0.0647. The number of carbonyl (C=O) groups excluding carboxylic acids is 2. The zero-order valence-electron chi connectivity index (χ0n) is 21.9. The van der Waals surface area contributed by atoms with Crippen molar-refractivity contribution in [3.63, 3.8) is 0 Å². The van der Waals surface area contributed by atoms with E-state index in [1.807, 2.05) is 48.2 Å². The molecule has 0 atom stereocenters. The average Bonchev–Trinajstić information content (AvgIpc) is 3.29. The number of aryl methyl sites for hydroxylation is 1. The molecule has 4 fully saturated rings. The monoisotopic (exact) mass is 510 g/mol. The maximum absolute atomic E-state index is 13.4. The van der Waals surface area contributed by atoms with E-state index in [1.54, 1.807) is 0 Å². The van der Waals surface area contributed by atoms with Crippen LogP contribution in [0, 0.1) is 30.1 Å². The van der Waals surface area contributed by atoms with Gasteiger partial charge in [-0.1, -0.05) is 30.3 Å². The van der Waals surface area contributed by atoms with E-state index in [9.17, 15) is 9.59 Å². The van der Waals surface area contributed by atoms with E-state index in [0.29, 0.717) is 48.8 Å². The summed E-state index contributed by atoms with van der Waals surface area (Å²) in [6.07, 6.45) is 10.5. The molecule has 0 saturated heterocycles. The van der Waals surface area contributed by atoms with Gasteiger partial charge in [0.05, 0.1) is 17.8 Å². The van der Waals surface area contributed by atoms with Crippen LogP contribution < -0.4 is 5.32 Å². The number of hydrogen-bond acceptors (Lipinski definition) is 5. The predicted molar refractivity (Wildman–Crippen MR) is 143 cm³/mol. The SMILES string of the molecule is Cc1oc(-c2ccccc2)cc1C(=O)N1CCc2c(ncnc2NC(=O)CC23CC4CC(CC(C4)C2)C3)C1. The summed E-state index contributed by atoms with van der Waals surface area (Å²) < 4.78 is 5.92. The average molecular weight is 511 g/mol. The van der Waals surface area contributed by atoms with Crippen LogP contribution in [0.4, 0.5) is 5.82 Å². The Bertz CT molecular complexity index is 1360. The Kier molecular flexibility index (Phi) is 5.64. The van der Waals surface area contributed by atoms with Crippen molar-refractivity contribution in [1.82, 2.24) is 14.9 Å². The zero-order valence-corrected chi connectivity index (χ0v) is 21.9. The number of amides is 2. The smallest absolute Gasteiger partial charge is 0.257 e. The lowest BCUT2D eigenvalue weighted by atomic mass is 9.49. The summed E-state index contributed by atoms with van der Waals surface area (Å²) in [5, 5.41) is 3.14. The van der Waals surface area contributed by atoms with E-state index in [1.165, 1.54) is 44.9 Å². The lowest BCUT2D eigenvalue weighted by Crippen LogP contribution is -2.47. The number of rotatable bonds is 5. The van der Waals surface area contributed by atoms with Crippen molar-refractivity contribution in [3.05, 3.63) is 65.3 Å². The molecule has 2 amide bonds. The molecule has 4 aliphatic carbocycles. The minimum Gasteiger partial charge on any atom is -0.461 e. The molecule has 1 aliphatic heterocycles. The van der Waals surface area contributed by atoms with Crippen LogP contribution in [0.3, 0.4) is 0 Å². The Hall–Kier alpha value is -3.48. The molecule has 3 aromatic rings. The minimum atomic E-state index is -0.0647. The first-order valence-corrected chi connectivity index (χ1v) is 14.0. The van der Waals surface area contributed by atoms with Crippen molar-refractivity contribution < 1.29 is 14.0 Å². The van der Waals surface area contributed by atoms with E-state index in [4.69, 9.17) is 4.42 Å². The number of benzene rings is 1. The molecule has 5 aliphatic rings. The van der Waals surface area contributed by atoms with E-state index < -0.39 is 0 Å². The van der Waals surface area contributed by atoms with E-state index >= 15 is 0 Å². The van der Waals surface area contributed by atoms with Crippen molar-refractivity contribution in [1.29, 1.82) is 0 Å². The lowest BCUT2D eigenvalue weighted by molar-refractivity contribution is -0.124. The summed E-state index contributed by atoms with van der Waals surface area (Å²) in [7, 11) is 0. The fourth-order valence-corrected chi connectivity index (χ4v) is 8.27. The number of fused-ring (bicyclic) bond motifs is 1. The molecule has 0 spiro atoms.